The summed E-state index contributed by atoms with van der Waals surface area (Å²) in [5, 5.41) is 0.906. The normalized spacial score (nSPS) is 11.0. The van der Waals surface area contributed by atoms with Crippen molar-refractivity contribution < 1.29 is 13.6 Å². The van der Waals surface area contributed by atoms with Gasteiger partial charge < -0.3 is 4.42 Å². The second-order valence-corrected chi connectivity index (χ2v) is 7.11. The lowest BCUT2D eigenvalue weighted by Gasteiger charge is -2.21. The molecule has 2 aromatic heterocycles. The molecule has 0 unspecified atom stereocenters. The third kappa shape index (κ3) is 3.40. The molecule has 4 nitrogen and oxygen atoms in total. The first kappa shape index (κ1) is 18.9. The molecule has 0 atom stereocenters. The van der Waals surface area contributed by atoms with Crippen LogP contribution in [0, 0.1) is 26.6 Å². The molecule has 2 aromatic carbocycles. The Balaban J connectivity index is 1.82. The fraction of sp³-hybridized carbons (Fsp3) is 0.167. The smallest absolute Gasteiger partial charge is 0.295 e. The monoisotopic (exact) mass is 388 g/mol. The number of anilines is 1. The highest BCUT2D eigenvalue weighted by Crippen LogP contribution is 2.31. The summed E-state index contributed by atoms with van der Waals surface area (Å²) in [5.41, 5.74) is 3.98. The Morgan fingerprint density at radius 3 is 2.48 bits per heavy atom. The van der Waals surface area contributed by atoms with E-state index < -0.39 is 0 Å². The molecular weight excluding hydrogens is 367 g/mol. The standard InChI is InChI=1S/C24H21FN2O2/c1-15-11-12-19-17(3)23(29-22(19)16(15)2)24(28)27(21-10-6-7-13-26-21)14-18-8-4-5-9-20(18)25/h4-13H,14H2,1-3H3. The molecule has 0 bridgehead atoms. The molecule has 0 saturated carbocycles. The molecule has 0 radical (unpaired) electrons. The number of rotatable bonds is 4. The maximum atomic E-state index is 14.3. The lowest BCUT2D eigenvalue weighted by Crippen LogP contribution is -2.31. The van der Waals surface area contributed by atoms with E-state index in [2.05, 4.69) is 4.98 Å². The Kier molecular flexibility index (Phi) is 4.89. The van der Waals surface area contributed by atoms with E-state index in [1.165, 1.54) is 11.0 Å². The van der Waals surface area contributed by atoms with Crippen LogP contribution in [0.3, 0.4) is 0 Å². The van der Waals surface area contributed by atoms with Crippen molar-refractivity contribution in [3.8, 4) is 0 Å². The van der Waals surface area contributed by atoms with E-state index in [0.29, 0.717) is 17.0 Å². The summed E-state index contributed by atoms with van der Waals surface area (Å²) < 4.78 is 20.3. The van der Waals surface area contributed by atoms with Crippen LogP contribution in [0.1, 0.15) is 32.8 Å². The van der Waals surface area contributed by atoms with Crippen LogP contribution in [0.4, 0.5) is 10.2 Å². The van der Waals surface area contributed by atoms with Gasteiger partial charge in [-0.15, -0.1) is 0 Å². The number of fused-ring (bicyclic) bond motifs is 1. The molecule has 0 spiro atoms. The number of carbonyl (C=O) groups is 1. The Bertz CT molecular complexity index is 1200. The van der Waals surface area contributed by atoms with Gasteiger partial charge in [-0.2, -0.15) is 0 Å². The molecule has 0 aliphatic heterocycles. The molecular formula is C24H21FN2O2. The molecule has 2 heterocycles. The van der Waals surface area contributed by atoms with Gasteiger partial charge in [0, 0.05) is 22.7 Å². The number of carbonyl (C=O) groups excluding carboxylic acids is 1. The van der Waals surface area contributed by atoms with Crippen LogP contribution < -0.4 is 4.90 Å². The molecule has 1 amide bonds. The van der Waals surface area contributed by atoms with Gasteiger partial charge in [-0.25, -0.2) is 9.37 Å². The predicted molar refractivity (Wildman–Crippen MR) is 112 cm³/mol. The Morgan fingerprint density at radius 2 is 1.76 bits per heavy atom. The summed E-state index contributed by atoms with van der Waals surface area (Å²) in [6.07, 6.45) is 1.61. The molecule has 0 fully saturated rings. The maximum Gasteiger partial charge on any atom is 0.295 e. The molecule has 0 aliphatic carbocycles. The van der Waals surface area contributed by atoms with Gasteiger partial charge in [0.05, 0.1) is 6.54 Å². The number of halogens is 1. The Morgan fingerprint density at radius 1 is 1.00 bits per heavy atom. The van der Waals surface area contributed by atoms with Gasteiger partial charge in [-0.05, 0) is 50.1 Å². The van der Waals surface area contributed by atoms with E-state index in [1.54, 1.807) is 42.6 Å². The maximum absolute atomic E-state index is 14.3. The molecule has 146 valence electrons. The summed E-state index contributed by atoms with van der Waals surface area (Å²) >= 11 is 0. The minimum absolute atomic E-state index is 0.0526. The minimum Gasteiger partial charge on any atom is -0.450 e. The van der Waals surface area contributed by atoms with Crippen LogP contribution in [0.5, 0.6) is 0 Å². The van der Waals surface area contributed by atoms with Gasteiger partial charge in [0.25, 0.3) is 5.91 Å². The van der Waals surface area contributed by atoms with Crippen molar-refractivity contribution in [2.75, 3.05) is 4.90 Å². The number of amides is 1. The second-order valence-electron chi connectivity index (χ2n) is 7.11. The van der Waals surface area contributed by atoms with E-state index in [1.807, 2.05) is 32.9 Å². The van der Waals surface area contributed by atoms with Crippen molar-refractivity contribution in [2.45, 2.75) is 27.3 Å². The quantitative estimate of drug-likeness (QED) is 0.448. The van der Waals surface area contributed by atoms with Crippen LogP contribution in [-0.2, 0) is 6.54 Å². The summed E-state index contributed by atoms with van der Waals surface area (Å²) in [7, 11) is 0. The van der Waals surface area contributed by atoms with E-state index in [4.69, 9.17) is 4.42 Å². The van der Waals surface area contributed by atoms with Gasteiger partial charge in [0.2, 0.25) is 0 Å². The lowest BCUT2D eigenvalue weighted by molar-refractivity contribution is 0.0958. The lowest BCUT2D eigenvalue weighted by atomic mass is 10.0. The third-order valence-electron chi connectivity index (χ3n) is 5.28. The van der Waals surface area contributed by atoms with Crippen LogP contribution in [0.15, 0.2) is 65.2 Å². The zero-order chi connectivity index (χ0) is 20.5. The number of furan rings is 1. The summed E-state index contributed by atoms with van der Waals surface area (Å²) in [5.74, 6) is -0.0315. The van der Waals surface area contributed by atoms with Crippen molar-refractivity contribution >= 4 is 22.7 Å². The van der Waals surface area contributed by atoms with Crippen LogP contribution in [-0.4, -0.2) is 10.9 Å². The number of pyridine rings is 1. The van der Waals surface area contributed by atoms with Crippen LogP contribution >= 0.6 is 0 Å². The largest absolute Gasteiger partial charge is 0.450 e. The first-order chi connectivity index (χ1) is 14.0. The second kappa shape index (κ2) is 7.51. The first-order valence-corrected chi connectivity index (χ1v) is 9.43. The van der Waals surface area contributed by atoms with Gasteiger partial charge in [-0.1, -0.05) is 36.4 Å². The summed E-state index contributed by atoms with van der Waals surface area (Å²) in [4.78, 5) is 19.3. The molecule has 0 saturated heterocycles. The van der Waals surface area contributed by atoms with Gasteiger partial charge in [0.1, 0.15) is 17.2 Å². The topological polar surface area (TPSA) is 46.3 Å². The van der Waals surface area contributed by atoms with Crippen molar-refractivity contribution in [1.82, 2.24) is 4.98 Å². The Labute approximate surface area is 168 Å². The molecule has 0 aliphatic rings. The van der Waals surface area contributed by atoms with Crippen molar-refractivity contribution in [2.24, 2.45) is 0 Å². The van der Waals surface area contributed by atoms with Gasteiger partial charge in [0.15, 0.2) is 5.76 Å². The zero-order valence-electron chi connectivity index (χ0n) is 16.6. The van der Waals surface area contributed by atoms with E-state index in [0.717, 1.165) is 22.1 Å². The first-order valence-electron chi connectivity index (χ1n) is 9.43. The number of hydrogen-bond acceptors (Lipinski definition) is 3. The number of nitrogens with zero attached hydrogens (tertiary/aromatic N) is 2. The van der Waals surface area contributed by atoms with Gasteiger partial charge >= 0.3 is 0 Å². The van der Waals surface area contributed by atoms with Crippen LogP contribution in [0.2, 0.25) is 0 Å². The molecule has 29 heavy (non-hydrogen) atoms. The number of hydrogen-bond donors (Lipinski definition) is 0. The van der Waals surface area contributed by atoms with Crippen LogP contribution in [0.25, 0.3) is 11.0 Å². The van der Waals surface area contributed by atoms with Gasteiger partial charge in [-0.3, -0.25) is 9.69 Å². The molecule has 4 rings (SSSR count). The van der Waals surface area contributed by atoms with E-state index in [9.17, 15) is 9.18 Å². The number of aromatic nitrogens is 1. The predicted octanol–water partition coefficient (Wildman–Crippen LogP) is 5.74. The fourth-order valence-corrected chi connectivity index (χ4v) is 3.41. The molecule has 0 N–H and O–H groups in total. The Hall–Kier alpha value is -3.47. The summed E-state index contributed by atoms with van der Waals surface area (Å²) in [6.45, 7) is 5.90. The SMILES string of the molecule is Cc1ccc2c(C)c(C(=O)N(Cc3ccccc3F)c3ccccn3)oc2c1C. The highest BCUT2D eigenvalue weighted by Gasteiger charge is 2.26. The number of aryl methyl sites for hydroxylation is 3. The summed E-state index contributed by atoms with van der Waals surface area (Å²) in [6, 6.07) is 15.7. The molecule has 4 aromatic rings. The van der Waals surface area contributed by atoms with Crippen molar-refractivity contribution in [3.05, 3.63) is 94.6 Å². The number of benzene rings is 2. The van der Waals surface area contributed by atoms with Crippen molar-refractivity contribution in [3.63, 3.8) is 0 Å². The van der Waals surface area contributed by atoms with E-state index in [-0.39, 0.29) is 24.0 Å². The average molecular weight is 388 g/mol. The highest BCUT2D eigenvalue weighted by atomic mass is 19.1. The van der Waals surface area contributed by atoms with Crippen molar-refractivity contribution in [1.29, 1.82) is 0 Å². The average Bonchev–Trinajstić information content (AvgIpc) is 3.07. The minimum atomic E-state index is -0.367. The fourth-order valence-electron chi connectivity index (χ4n) is 3.41. The zero-order valence-corrected chi connectivity index (χ0v) is 16.6. The third-order valence-corrected chi connectivity index (χ3v) is 5.28. The van der Waals surface area contributed by atoms with E-state index >= 15 is 0 Å². The highest BCUT2D eigenvalue weighted by molar-refractivity contribution is 6.07. The molecule has 5 heteroatoms.